The summed E-state index contributed by atoms with van der Waals surface area (Å²) in [5, 5.41) is 12.8. The molecule has 0 saturated carbocycles. The molecule has 5 nitrogen and oxygen atoms in total. The number of aliphatic hydroxyl groups excluding tert-OH is 1. The fourth-order valence-corrected chi connectivity index (χ4v) is 2.02. The van der Waals surface area contributed by atoms with E-state index in [1.807, 2.05) is 24.3 Å². The van der Waals surface area contributed by atoms with Gasteiger partial charge in [-0.3, -0.25) is 0 Å². The van der Waals surface area contributed by atoms with Crippen LogP contribution in [0.4, 0.5) is 0 Å². The predicted molar refractivity (Wildman–Crippen MR) is 68.3 cm³/mol. The molecule has 1 aliphatic heterocycles. The average Bonchev–Trinajstić information content (AvgIpc) is 2.93. The van der Waals surface area contributed by atoms with Gasteiger partial charge < -0.3 is 19.1 Å². The van der Waals surface area contributed by atoms with Crippen LogP contribution < -0.4 is 9.47 Å². The molecule has 0 amide bonds. The van der Waals surface area contributed by atoms with Crippen LogP contribution in [0, 0.1) is 0 Å². The lowest BCUT2D eigenvalue weighted by Crippen LogP contribution is -2.15. The van der Waals surface area contributed by atoms with Crippen LogP contribution in [0.15, 0.2) is 28.8 Å². The molecule has 1 N–H and O–H groups in total. The minimum Gasteiger partial charge on any atom is -0.486 e. The molecule has 1 aromatic heterocycles. The summed E-state index contributed by atoms with van der Waals surface area (Å²) in [6, 6.07) is 7.61. The first-order valence-electron chi connectivity index (χ1n) is 6.33. The monoisotopic (exact) mass is 261 g/mol. The summed E-state index contributed by atoms with van der Waals surface area (Å²) in [5.74, 6) is 2.28. The van der Waals surface area contributed by atoms with Crippen LogP contribution in [0.2, 0.25) is 0 Å². The van der Waals surface area contributed by atoms with E-state index in [9.17, 15) is 0 Å². The number of rotatable bonds is 4. The molecule has 0 radical (unpaired) electrons. The Balaban J connectivity index is 1.83. The number of aryl methyl sites for hydroxylation is 1. The van der Waals surface area contributed by atoms with Gasteiger partial charge in [0.1, 0.15) is 24.7 Å². The van der Waals surface area contributed by atoms with E-state index < -0.39 is 0 Å². The predicted octanol–water partition coefficient (Wildman–Crippen LogP) is 2.04. The van der Waals surface area contributed by atoms with Crippen LogP contribution in [-0.2, 0) is 6.42 Å². The second-order valence-electron chi connectivity index (χ2n) is 4.36. The van der Waals surface area contributed by atoms with E-state index in [1.54, 1.807) is 0 Å². The van der Waals surface area contributed by atoms with Crippen molar-refractivity contribution in [3.8, 4) is 22.8 Å². The minimum absolute atomic E-state index is 0.153. The molecule has 0 spiro atoms. The van der Waals surface area contributed by atoms with E-state index in [1.165, 1.54) is 0 Å². The third-order valence-electron chi connectivity index (χ3n) is 2.98. The largest absolute Gasteiger partial charge is 0.486 e. The van der Waals surface area contributed by atoms with Gasteiger partial charge in [0.25, 0.3) is 0 Å². The van der Waals surface area contributed by atoms with Crippen molar-refractivity contribution in [3.63, 3.8) is 0 Å². The van der Waals surface area contributed by atoms with Crippen molar-refractivity contribution < 1.29 is 19.1 Å². The van der Waals surface area contributed by atoms with Crippen molar-refractivity contribution in [1.82, 2.24) is 5.16 Å². The Morgan fingerprint density at radius 2 is 1.95 bits per heavy atom. The number of fused-ring (bicyclic) bond motifs is 1. The highest BCUT2D eigenvalue weighted by molar-refractivity contribution is 5.64. The first kappa shape index (κ1) is 12.0. The van der Waals surface area contributed by atoms with Crippen LogP contribution in [0.3, 0.4) is 0 Å². The Morgan fingerprint density at radius 3 is 2.79 bits per heavy atom. The average molecular weight is 261 g/mol. The fraction of sp³-hybridized carbons (Fsp3) is 0.357. The summed E-state index contributed by atoms with van der Waals surface area (Å²) in [5.41, 5.74) is 1.70. The number of benzene rings is 1. The third kappa shape index (κ3) is 2.56. The molecule has 0 saturated heterocycles. The first-order chi connectivity index (χ1) is 9.36. The standard InChI is InChI=1S/C14H15NO4/c16-5-1-2-11-9-12(15-19-11)10-3-4-13-14(8-10)18-7-6-17-13/h3-4,8-9,16H,1-2,5-7H2. The third-order valence-corrected chi connectivity index (χ3v) is 2.98. The van der Waals surface area contributed by atoms with E-state index in [-0.39, 0.29) is 6.61 Å². The second-order valence-corrected chi connectivity index (χ2v) is 4.36. The summed E-state index contributed by atoms with van der Waals surface area (Å²) >= 11 is 0. The number of hydrogen-bond donors (Lipinski definition) is 1. The molecule has 19 heavy (non-hydrogen) atoms. The van der Waals surface area contributed by atoms with Gasteiger partial charge in [-0.1, -0.05) is 5.16 Å². The highest BCUT2D eigenvalue weighted by atomic mass is 16.6. The maximum absolute atomic E-state index is 8.79. The molecular weight excluding hydrogens is 246 g/mol. The Morgan fingerprint density at radius 1 is 1.11 bits per heavy atom. The lowest BCUT2D eigenvalue weighted by Gasteiger charge is -2.18. The summed E-state index contributed by atoms with van der Waals surface area (Å²) in [7, 11) is 0. The Kier molecular flexibility index (Phi) is 3.37. The number of aliphatic hydroxyl groups is 1. The van der Waals surface area contributed by atoms with Gasteiger partial charge in [-0.25, -0.2) is 0 Å². The zero-order valence-corrected chi connectivity index (χ0v) is 10.5. The number of nitrogens with zero attached hydrogens (tertiary/aromatic N) is 1. The van der Waals surface area contributed by atoms with Gasteiger partial charge in [-0.2, -0.15) is 0 Å². The summed E-state index contributed by atoms with van der Waals surface area (Å²) < 4.78 is 16.2. The molecule has 0 unspecified atom stereocenters. The molecular formula is C14H15NO4. The molecule has 1 aromatic carbocycles. The number of aromatic nitrogens is 1. The highest BCUT2D eigenvalue weighted by Gasteiger charge is 2.14. The zero-order valence-electron chi connectivity index (χ0n) is 10.5. The van der Waals surface area contributed by atoms with E-state index in [4.69, 9.17) is 19.1 Å². The van der Waals surface area contributed by atoms with Crippen LogP contribution in [0.25, 0.3) is 11.3 Å². The van der Waals surface area contributed by atoms with Crippen molar-refractivity contribution in [3.05, 3.63) is 30.0 Å². The fourth-order valence-electron chi connectivity index (χ4n) is 2.02. The van der Waals surface area contributed by atoms with Gasteiger partial charge in [0.2, 0.25) is 0 Å². The van der Waals surface area contributed by atoms with Crippen LogP contribution >= 0.6 is 0 Å². The van der Waals surface area contributed by atoms with E-state index in [2.05, 4.69) is 5.16 Å². The van der Waals surface area contributed by atoms with Crippen LogP contribution in [0.5, 0.6) is 11.5 Å². The molecule has 100 valence electrons. The summed E-state index contributed by atoms with van der Waals surface area (Å²) in [6.45, 7) is 1.30. The van der Waals surface area contributed by atoms with Gasteiger partial charge >= 0.3 is 0 Å². The molecule has 1 aliphatic rings. The molecule has 5 heteroatoms. The SMILES string of the molecule is OCCCc1cc(-c2ccc3c(c2)OCCO3)no1. The number of ether oxygens (including phenoxy) is 2. The van der Waals surface area contributed by atoms with Gasteiger partial charge in [-0.15, -0.1) is 0 Å². The van der Waals surface area contributed by atoms with Crippen LogP contribution in [-0.4, -0.2) is 30.1 Å². The summed E-state index contributed by atoms with van der Waals surface area (Å²) in [6.07, 6.45) is 1.36. The van der Waals surface area contributed by atoms with Crippen molar-refractivity contribution in [1.29, 1.82) is 0 Å². The van der Waals surface area contributed by atoms with Gasteiger partial charge in [-0.05, 0) is 24.6 Å². The van der Waals surface area contributed by atoms with Crippen LogP contribution in [0.1, 0.15) is 12.2 Å². The van der Waals surface area contributed by atoms with Crippen molar-refractivity contribution >= 4 is 0 Å². The number of hydrogen-bond acceptors (Lipinski definition) is 5. The van der Waals surface area contributed by atoms with Gasteiger partial charge in [0.05, 0.1) is 0 Å². The van der Waals surface area contributed by atoms with Crippen molar-refractivity contribution in [2.75, 3.05) is 19.8 Å². The van der Waals surface area contributed by atoms with Gasteiger partial charge in [0, 0.05) is 24.7 Å². The van der Waals surface area contributed by atoms with Crippen molar-refractivity contribution in [2.24, 2.45) is 0 Å². The Hall–Kier alpha value is -2.01. The topological polar surface area (TPSA) is 64.7 Å². The molecule has 2 heterocycles. The molecule has 0 fully saturated rings. The molecule has 0 atom stereocenters. The smallest absolute Gasteiger partial charge is 0.162 e. The van der Waals surface area contributed by atoms with Crippen molar-refractivity contribution in [2.45, 2.75) is 12.8 Å². The normalized spacial score (nSPS) is 13.5. The summed E-state index contributed by atoms with van der Waals surface area (Å²) in [4.78, 5) is 0. The Bertz CT molecular complexity index is 564. The first-order valence-corrected chi connectivity index (χ1v) is 6.33. The highest BCUT2D eigenvalue weighted by Crippen LogP contribution is 2.34. The second kappa shape index (κ2) is 5.32. The van der Waals surface area contributed by atoms with Gasteiger partial charge in [0.15, 0.2) is 11.5 Å². The minimum atomic E-state index is 0.153. The zero-order chi connectivity index (χ0) is 13.1. The van der Waals surface area contributed by atoms with E-state index in [0.29, 0.717) is 26.1 Å². The molecule has 0 bridgehead atoms. The molecule has 2 aromatic rings. The Labute approximate surface area is 110 Å². The maximum Gasteiger partial charge on any atom is 0.162 e. The quantitative estimate of drug-likeness (QED) is 0.912. The lowest BCUT2D eigenvalue weighted by atomic mass is 10.1. The van der Waals surface area contributed by atoms with E-state index in [0.717, 1.165) is 28.5 Å². The maximum atomic E-state index is 8.79. The molecule has 3 rings (SSSR count). The lowest BCUT2D eigenvalue weighted by molar-refractivity contribution is 0.171. The molecule has 0 aliphatic carbocycles. The van der Waals surface area contributed by atoms with E-state index >= 15 is 0 Å².